The molecule has 0 heterocycles. The number of nitrogens with two attached hydrogens (primary N) is 1. The molecule has 4 heteroatoms. The first-order valence-electron chi connectivity index (χ1n) is 5.91. The van der Waals surface area contributed by atoms with E-state index in [9.17, 15) is 4.79 Å². The van der Waals surface area contributed by atoms with E-state index in [1.165, 1.54) is 0 Å². The highest BCUT2D eigenvalue weighted by Gasteiger charge is 2.13. The maximum absolute atomic E-state index is 11.8. The molecular formula is C13H20N2O2. The van der Waals surface area contributed by atoms with E-state index in [4.69, 9.17) is 10.5 Å². The maximum Gasteiger partial charge on any atom is 0.340 e. The van der Waals surface area contributed by atoms with Crippen LogP contribution in [0.5, 0.6) is 0 Å². The van der Waals surface area contributed by atoms with Crippen LogP contribution >= 0.6 is 0 Å². The van der Waals surface area contributed by atoms with Crippen LogP contribution < -0.4 is 11.1 Å². The number of anilines is 2. The quantitative estimate of drug-likeness (QED) is 0.609. The van der Waals surface area contributed by atoms with Gasteiger partial charge in [-0.15, -0.1) is 0 Å². The zero-order valence-corrected chi connectivity index (χ0v) is 10.6. The molecule has 0 spiro atoms. The number of nitrogens with one attached hydrogen (secondary N) is 1. The molecule has 17 heavy (non-hydrogen) atoms. The molecule has 0 aliphatic carbocycles. The van der Waals surface area contributed by atoms with Crippen molar-refractivity contribution in [3.8, 4) is 0 Å². The number of nitrogen functional groups attached to an aromatic ring is 1. The number of carbonyl (C=O) groups is 1. The minimum atomic E-state index is -0.342. The Bertz CT molecular complexity index is 391. The Morgan fingerprint density at radius 1 is 1.47 bits per heavy atom. The molecule has 1 atom stereocenters. The SMILES string of the molecule is CCOC(=O)c1cc(N)ccc1N[C@H](C)CC. The van der Waals surface area contributed by atoms with Crippen LogP contribution in [0.1, 0.15) is 37.6 Å². The fourth-order valence-electron chi connectivity index (χ4n) is 1.43. The number of hydrogen-bond acceptors (Lipinski definition) is 4. The molecule has 0 saturated carbocycles. The second-order valence-electron chi connectivity index (χ2n) is 3.98. The van der Waals surface area contributed by atoms with Crippen molar-refractivity contribution in [1.29, 1.82) is 0 Å². The lowest BCUT2D eigenvalue weighted by atomic mass is 10.1. The zero-order valence-electron chi connectivity index (χ0n) is 10.6. The molecule has 0 fully saturated rings. The van der Waals surface area contributed by atoms with Gasteiger partial charge in [-0.3, -0.25) is 0 Å². The van der Waals surface area contributed by atoms with Gasteiger partial charge in [-0.1, -0.05) is 6.92 Å². The van der Waals surface area contributed by atoms with Gasteiger partial charge in [-0.25, -0.2) is 4.79 Å². The third-order valence-electron chi connectivity index (χ3n) is 2.55. The van der Waals surface area contributed by atoms with Crippen LogP contribution in [-0.2, 0) is 4.74 Å². The van der Waals surface area contributed by atoms with Crippen LogP contribution in [0.4, 0.5) is 11.4 Å². The summed E-state index contributed by atoms with van der Waals surface area (Å²) in [6, 6.07) is 5.52. The molecule has 0 saturated heterocycles. The third-order valence-corrected chi connectivity index (χ3v) is 2.55. The minimum Gasteiger partial charge on any atom is -0.462 e. The first-order valence-corrected chi connectivity index (χ1v) is 5.91. The largest absolute Gasteiger partial charge is 0.462 e. The van der Waals surface area contributed by atoms with Crippen LogP contribution in [0.15, 0.2) is 18.2 Å². The Balaban J connectivity index is 2.99. The standard InChI is InChI=1S/C13H20N2O2/c1-4-9(3)15-12-7-6-10(14)8-11(12)13(16)17-5-2/h6-9,15H,4-5,14H2,1-3H3/t9-/m1/s1. The average molecular weight is 236 g/mol. The van der Waals surface area contributed by atoms with Crippen molar-refractivity contribution in [2.24, 2.45) is 0 Å². The molecule has 94 valence electrons. The second-order valence-corrected chi connectivity index (χ2v) is 3.98. The first-order chi connectivity index (χ1) is 8.08. The van der Waals surface area contributed by atoms with Crippen molar-refractivity contribution in [2.75, 3.05) is 17.7 Å². The molecule has 1 rings (SSSR count). The van der Waals surface area contributed by atoms with Gasteiger partial charge in [0.2, 0.25) is 0 Å². The summed E-state index contributed by atoms with van der Waals surface area (Å²) in [6.45, 7) is 6.28. The topological polar surface area (TPSA) is 64.3 Å². The van der Waals surface area contributed by atoms with E-state index in [1.54, 1.807) is 19.1 Å². The third kappa shape index (κ3) is 3.66. The van der Waals surface area contributed by atoms with Crippen LogP contribution in [0.25, 0.3) is 0 Å². The van der Waals surface area contributed by atoms with Crippen molar-refractivity contribution in [3.63, 3.8) is 0 Å². The Kier molecular flexibility index (Phi) is 4.82. The highest BCUT2D eigenvalue weighted by Crippen LogP contribution is 2.21. The lowest BCUT2D eigenvalue weighted by Crippen LogP contribution is -2.17. The molecule has 1 aromatic carbocycles. The summed E-state index contributed by atoms with van der Waals surface area (Å²) in [7, 11) is 0. The van der Waals surface area contributed by atoms with Crippen molar-refractivity contribution in [2.45, 2.75) is 33.2 Å². The molecule has 0 aromatic heterocycles. The Morgan fingerprint density at radius 2 is 2.18 bits per heavy atom. The first kappa shape index (κ1) is 13.4. The number of ether oxygens (including phenoxy) is 1. The van der Waals surface area contributed by atoms with Gasteiger partial charge < -0.3 is 15.8 Å². The normalized spacial score (nSPS) is 11.9. The van der Waals surface area contributed by atoms with Crippen LogP contribution in [0.3, 0.4) is 0 Å². The van der Waals surface area contributed by atoms with E-state index >= 15 is 0 Å². The summed E-state index contributed by atoms with van der Waals surface area (Å²) in [6.07, 6.45) is 0.979. The average Bonchev–Trinajstić information content (AvgIpc) is 2.31. The molecule has 0 unspecified atom stereocenters. The summed E-state index contributed by atoms with van der Waals surface area (Å²) in [5.41, 5.74) is 7.51. The van der Waals surface area contributed by atoms with E-state index < -0.39 is 0 Å². The Morgan fingerprint density at radius 3 is 2.76 bits per heavy atom. The van der Waals surface area contributed by atoms with Crippen LogP contribution in [0, 0.1) is 0 Å². The number of benzene rings is 1. The van der Waals surface area contributed by atoms with Gasteiger partial charge in [0.1, 0.15) is 0 Å². The lowest BCUT2D eigenvalue weighted by molar-refractivity contribution is 0.0527. The van der Waals surface area contributed by atoms with Gasteiger partial charge in [0.15, 0.2) is 0 Å². The molecule has 0 aliphatic rings. The van der Waals surface area contributed by atoms with Gasteiger partial charge in [0, 0.05) is 17.4 Å². The molecule has 4 nitrogen and oxygen atoms in total. The molecular weight excluding hydrogens is 216 g/mol. The number of rotatable bonds is 5. The van der Waals surface area contributed by atoms with Crippen molar-refractivity contribution >= 4 is 17.3 Å². The molecule has 1 aromatic rings. The van der Waals surface area contributed by atoms with Crippen LogP contribution in [0.2, 0.25) is 0 Å². The van der Waals surface area contributed by atoms with Crippen molar-refractivity contribution < 1.29 is 9.53 Å². The van der Waals surface area contributed by atoms with Crippen molar-refractivity contribution in [3.05, 3.63) is 23.8 Å². The highest BCUT2D eigenvalue weighted by atomic mass is 16.5. The number of carbonyl (C=O) groups excluding carboxylic acids is 1. The summed E-state index contributed by atoms with van der Waals surface area (Å²) in [4.78, 5) is 11.8. The second kappa shape index (κ2) is 6.13. The number of esters is 1. The highest BCUT2D eigenvalue weighted by molar-refractivity contribution is 5.96. The van der Waals surface area contributed by atoms with E-state index in [2.05, 4.69) is 19.2 Å². The molecule has 0 aliphatic heterocycles. The minimum absolute atomic E-state index is 0.298. The summed E-state index contributed by atoms with van der Waals surface area (Å²) in [5.74, 6) is -0.342. The zero-order chi connectivity index (χ0) is 12.8. The fraction of sp³-hybridized carbons (Fsp3) is 0.462. The summed E-state index contributed by atoms with van der Waals surface area (Å²) < 4.78 is 5.00. The molecule has 0 amide bonds. The van der Waals surface area contributed by atoms with Gasteiger partial charge in [-0.2, -0.15) is 0 Å². The predicted octanol–water partition coefficient (Wildman–Crippen LogP) is 2.66. The molecule has 0 radical (unpaired) electrons. The maximum atomic E-state index is 11.8. The monoisotopic (exact) mass is 236 g/mol. The lowest BCUT2D eigenvalue weighted by Gasteiger charge is -2.16. The fourth-order valence-corrected chi connectivity index (χ4v) is 1.43. The summed E-state index contributed by atoms with van der Waals surface area (Å²) >= 11 is 0. The van der Waals surface area contributed by atoms with Gasteiger partial charge in [-0.05, 0) is 38.5 Å². The number of hydrogen-bond donors (Lipinski definition) is 2. The summed E-state index contributed by atoms with van der Waals surface area (Å²) in [5, 5.41) is 3.27. The molecule has 3 N–H and O–H groups in total. The van der Waals surface area contributed by atoms with E-state index in [-0.39, 0.29) is 5.97 Å². The smallest absolute Gasteiger partial charge is 0.340 e. The van der Waals surface area contributed by atoms with Crippen LogP contribution in [-0.4, -0.2) is 18.6 Å². The Hall–Kier alpha value is -1.71. The van der Waals surface area contributed by atoms with E-state index in [1.807, 2.05) is 6.07 Å². The molecule has 0 bridgehead atoms. The predicted molar refractivity (Wildman–Crippen MR) is 70.2 cm³/mol. The van der Waals surface area contributed by atoms with Gasteiger partial charge >= 0.3 is 5.97 Å². The Labute approximate surface area is 102 Å². The van der Waals surface area contributed by atoms with E-state index in [0.29, 0.717) is 23.9 Å². The van der Waals surface area contributed by atoms with Gasteiger partial charge in [0.05, 0.1) is 12.2 Å². The van der Waals surface area contributed by atoms with Gasteiger partial charge in [0.25, 0.3) is 0 Å². The van der Waals surface area contributed by atoms with Crippen molar-refractivity contribution in [1.82, 2.24) is 0 Å². The van der Waals surface area contributed by atoms with E-state index in [0.717, 1.165) is 12.1 Å².